The zero-order valence-corrected chi connectivity index (χ0v) is 10.5. The van der Waals surface area contributed by atoms with Gasteiger partial charge in [0, 0.05) is 24.7 Å². The van der Waals surface area contributed by atoms with Gasteiger partial charge in [-0.25, -0.2) is 0 Å². The predicted molar refractivity (Wildman–Crippen MR) is 65.7 cm³/mol. The number of aromatic nitrogens is 1. The predicted octanol–water partition coefficient (Wildman–Crippen LogP) is 1.70. The molecule has 94 valence electrons. The van der Waals surface area contributed by atoms with Crippen molar-refractivity contribution in [3.05, 3.63) is 17.5 Å². The first kappa shape index (κ1) is 11.2. The molecule has 2 atom stereocenters. The molecule has 1 aromatic heterocycles. The third-order valence-corrected chi connectivity index (χ3v) is 4.07. The topological polar surface area (TPSA) is 41.3 Å². The van der Waals surface area contributed by atoms with E-state index in [1.807, 2.05) is 13.0 Å². The first-order chi connectivity index (χ1) is 8.33. The van der Waals surface area contributed by atoms with Gasteiger partial charge in [0.1, 0.15) is 0 Å². The lowest BCUT2D eigenvalue weighted by Crippen LogP contribution is -2.44. The van der Waals surface area contributed by atoms with Gasteiger partial charge in [0.25, 0.3) is 0 Å². The monoisotopic (exact) mass is 235 g/mol. The number of nitrogens with one attached hydrogen (secondary N) is 1. The van der Waals surface area contributed by atoms with Gasteiger partial charge in [0.2, 0.25) is 0 Å². The van der Waals surface area contributed by atoms with Crippen LogP contribution in [-0.2, 0) is 6.54 Å². The highest BCUT2D eigenvalue weighted by atomic mass is 16.5. The standard InChI is InChI=1S/C13H21N3O/c1-10-8-11(17-15-10)9-14-12-5-7-16-6-3-2-4-13(12)16/h8,12-14H,2-7,9H2,1H3. The van der Waals surface area contributed by atoms with Crippen LogP contribution in [0.4, 0.5) is 0 Å². The molecular weight excluding hydrogens is 214 g/mol. The normalized spacial score (nSPS) is 29.5. The van der Waals surface area contributed by atoms with Gasteiger partial charge in [-0.05, 0) is 32.7 Å². The summed E-state index contributed by atoms with van der Waals surface area (Å²) >= 11 is 0. The van der Waals surface area contributed by atoms with Gasteiger partial charge < -0.3 is 9.84 Å². The zero-order valence-electron chi connectivity index (χ0n) is 10.5. The highest BCUT2D eigenvalue weighted by molar-refractivity contribution is 5.03. The minimum Gasteiger partial charge on any atom is -0.360 e. The molecule has 3 heterocycles. The van der Waals surface area contributed by atoms with Gasteiger partial charge in [-0.2, -0.15) is 0 Å². The molecule has 0 aliphatic carbocycles. The second-order valence-electron chi connectivity index (χ2n) is 5.31. The van der Waals surface area contributed by atoms with Gasteiger partial charge in [-0.3, -0.25) is 4.90 Å². The van der Waals surface area contributed by atoms with Crippen molar-refractivity contribution in [1.82, 2.24) is 15.4 Å². The van der Waals surface area contributed by atoms with Crippen LogP contribution < -0.4 is 5.32 Å². The Morgan fingerprint density at radius 3 is 3.18 bits per heavy atom. The molecule has 4 nitrogen and oxygen atoms in total. The number of hydrogen-bond acceptors (Lipinski definition) is 4. The Labute approximate surface area is 102 Å². The largest absolute Gasteiger partial charge is 0.360 e. The summed E-state index contributed by atoms with van der Waals surface area (Å²) < 4.78 is 5.23. The summed E-state index contributed by atoms with van der Waals surface area (Å²) in [6, 6.07) is 3.41. The Morgan fingerprint density at radius 2 is 2.35 bits per heavy atom. The van der Waals surface area contributed by atoms with Crippen molar-refractivity contribution < 1.29 is 4.52 Å². The Balaban J connectivity index is 1.55. The molecule has 2 fully saturated rings. The fourth-order valence-corrected chi connectivity index (χ4v) is 3.22. The van der Waals surface area contributed by atoms with Gasteiger partial charge in [0.05, 0.1) is 12.2 Å². The second kappa shape index (κ2) is 4.78. The molecule has 4 heteroatoms. The molecule has 2 aliphatic heterocycles. The molecule has 17 heavy (non-hydrogen) atoms. The van der Waals surface area contributed by atoms with Crippen LogP contribution in [0.3, 0.4) is 0 Å². The van der Waals surface area contributed by atoms with Crippen LogP contribution in [0.1, 0.15) is 37.1 Å². The lowest BCUT2D eigenvalue weighted by atomic mass is 9.99. The van der Waals surface area contributed by atoms with Crippen LogP contribution in [0.25, 0.3) is 0 Å². The Kier molecular flexibility index (Phi) is 3.16. The number of piperidine rings is 1. The third kappa shape index (κ3) is 2.38. The van der Waals surface area contributed by atoms with Crippen LogP contribution in [0.2, 0.25) is 0 Å². The van der Waals surface area contributed by atoms with Gasteiger partial charge in [-0.1, -0.05) is 11.6 Å². The summed E-state index contributed by atoms with van der Waals surface area (Å²) in [6.45, 7) is 5.34. The van der Waals surface area contributed by atoms with Crippen molar-refractivity contribution in [3.8, 4) is 0 Å². The molecule has 3 rings (SSSR count). The average Bonchev–Trinajstić information content (AvgIpc) is 2.93. The van der Waals surface area contributed by atoms with Gasteiger partial charge in [0.15, 0.2) is 5.76 Å². The van der Waals surface area contributed by atoms with E-state index in [-0.39, 0.29) is 0 Å². The summed E-state index contributed by atoms with van der Waals surface area (Å²) in [5.41, 5.74) is 0.965. The summed E-state index contributed by atoms with van der Waals surface area (Å²) in [5, 5.41) is 7.55. The first-order valence-corrected chi connectivity index (χ1v) is 6.72. The fourth-order valence-electron chi connectivity index (χ4n) is 3.22. The number of hydrogen-bond donors (Lipinski definition) is 1. The quantitative estimate of drug-likeness (QED) is 0.866. The van der Waals surface area contributed by atoms with E-state index in [0.29, 0.717) is 6.04 Å². The number of aryl methyl sites for hydroxylation is 1. The van der Waals surface area contributed by atoms with E-state index in [2.05, 4.69) is 15.4 Å². The molecule has 1 aromatic rings. The van der Waals surface area contributed by atoms with Crippen molar-refractivity contribution in [3.63, 3.8) is 0 Å². The van der Waals surface area contributed by atoms with Crippen molar-refractivity contribution in [2.24, 2.45) is 0 Å². The van der Waals surface area contributed by atoms with E-state index in [4.69, 9.17) is 4.52 Å². The SMILES string of the molecule is Cc1cc(CNC2CCN3CCCCC23)on1. The Hall–Kier alpha value is -0.870. The first-order valence-electron chi connectivity index (χ1n) is 6.72. The molecule has 2 saturated heterocycles. The molecule has 2 aliphatic rings. The lowest BCUT2D eigenvalue weighted by Gasteiger charge is -2.32. The van der Waals surface area contributed by atoms with Crippen molar-refractivity contribution >= 4 is 0 Å². The maximum atomic E-state index is 5.23. The third-order valence-electron chi connectivity index (χ3n) is 4.07. The van der Waals surface area contributed by atoms with Crippen molar-refractivity contribution in [2.75, 3.05) is 13.1 Å². The minimum atomic E-state index is 0.640. The van der Waals surface area contributed by atoms with Crippen LogP contribution in [-0.4, -0.2) is 35.2 Å². The molecule has 2 unspecified atom stereocenters. The van der Waals surface area contributed by atoms with E-state index < -0.39 is 0 Å². The fraction of sp³-hybridized carbons (Fsp3) is 0.769. The van der Waals surface area contributed by atoms with E-state index in [1.54, 1.807) is 0 Å². The molecule has 0 bridgehead atoms. The Morgan fingerprint density at radius 1 is 1.41 bits per heavy atom. The summed E-state index contributed by atoms with van der Waals surface area (Å²) in [5.74, 6) is 0.955. The zero-order chi connectivity index (χ0) is 11.7. The van der Waals surface area contributed by atoms with Crippen LogP contribution in [0.15, 0.2) is 10.6 Å². The number of nitrogens with zero attached hydrogens (tertiary/aromatic N) is 2. The van der Waals surface area contributed by atoms with Gasteiger partial charge >= 0.3 is 0 Å². The lowest BCUT2D eigenvalue weighted by molar-refractivity contribution is 0.179. The molecule has 0 amide bonds. The second-order valence-corrected chi connectivity index (χ2v) is 5.31. The van der Waals surface area contributed by atoms with Crippen LogP contribution in [0.5, 0.6) is 0 Å². The van der Waals surface area contributed by atoms with Crippen molar-refractivity contribution in [2.45, 2.75) is 51.2 Å². The van der Waals surface area contributed by atoms with E-state index in [0.717, 1.165) is 24.0 Å². The summed E-state index contributed by atoms with van der Waals surface area (Å²) in [6.07, 6.45) is 5.40. The smallest absolute Gasteiger partial charge is 0.150 e. The minimum absolute atomic E-state index is 0.640. The van der Waals surface area contributed by atoms with Crippen LogP contribution >= 0.6 is 0 Å². The molecule has 0 radical (unpaired) electrons. The molecule has 0 aromatic carbocycles. The van der Waals surface area contributed by atoms with Gasteiger partial charge in [-0.15, -0.1) is 0 Å². The maximum Gasteiger partial charge on any atom is 0.150 e. The molecule has 0 saturated carbocycles. The summed E-state index contributed by atoms with van der Waals surface area (Å²) in [7, 11) is 0. The number of rotatable bonds is 3. The maximum absolute atomic E-state index is 5.23. The Bertz CT molecular complexity index is 376. The molecule has 0 spiro atoms. The van der Waals surface area contributed by atoms with E-state index in [9.17, 15) is 0 Å². The molecular formula is C13H21N3O. The highest BCUT2D eigenvalue weighted by Gasteiger charge is 2.34. The van der Waals surface area contributed by atoms with E-state index in [1.165, 1.54) is 38.8 Å². The summed E-state index contributed by atoms with van der Waals surface area (Å²) in [4.78, 5) is 2.65. The highest BCUT2D eigenvalue weighted by Crippen LogP contribution is 2.27. The molecule has 1 N–H and O–H groups in total. The van der Waals surface area contributed by atoms with Crippen molar-refractivity contribution in [1.29, 1.82) is 0 Å². The average molecular weight is 235 g/mol. The van der Waals surface area contributed by atoms with E-state index >= 15 is 0 Å². The van der Waals surface area contributed by atoms with Crippen LogP contribution in [0, 0.1) is 6.92 Å². The number of fused-ring (bicyclic) bond motifs is 1.